The van der Waals surface area contributed by atoms with Crippen molar-refractivity contribution in [2.45, 2.75) is 13.3 Å². The Morgan fingerprint density at radius 3 is 2.62 bits per heavy atom. The van der Waals surface area contributed by atoms with Gasteiger partial charge >= 0.3 is 5.97 Å². The number of carbonyl (C=O) groups excluding carboxylic acids is 2. The van der Waals surface area contributed by atoms with Crippen LogP contribution in [0.2, 0.25) is 0 Å². The van der Waals surface area contributed by atoms with E-state index >= 15 is 0 Å². The summed E-state index contributed by atoms with van der Waals surface area (Å²) in [6.07, 6.45) is 0.374. The number of nitriles is 1. The molecule has 1 amide bonds. The lowest BCUT2D eigenvalue weighted by Gasteiger charge is -2.08. The molecule has 0 saturated heterocycles. The molecule has 21 heavy (non-hydrogen) atoms. The highest BCUT2D eigenvalue weighted by Crippen LogP contribution is 2.13. The third-order valence-electron chi connectivity index (χ3n) is 2.74. The molecule has 0 aliphatic rings. The number of nitrogens with zero attached hydrogens (tertiary/aromatic N) is 1. The SMILES string of the molecule is COC(=O)C(C)CSCCC(=O)Nc1ccc(C#N)cc1. The number of anilines is 1. The zero-order valence-electron chi connectivity index (χ0n) is 12.1. The van der Waals surface area contributed by atoms with E-state index in [1.54, 1.807) is 43.0 Å². The second-order valence-corrected chi connectivity index (χ2v) is 5.64. The first-order valence-electron chi connectivity index (χ1n) is 6.52. The molecule has 1 rings (SSSR count). The summed E-state index contributed by atoms with van der Waals surface area (Å²) in [7, 11) is 1.37. The van der Waals surface area contributed by atoms with Crippen molar-refractivity contribution < 1.29 is 14.3 Å². The third-order valence-corrected chi connectivity index (χ3v) is 3.97. The van der Waals surface area contributed by atoms with Crippen LogP contribution >= 0.6 is 11.8 Å². The second-order valence-electron chi connectivity index (χ2n) is 4.49. The molecule has 0 saturated carbocycles. The summed E-state index contributed by atoms with van der Waals surface area (Å²) in [6.45, 7) is 1.80. The van der Waals surface area contributed by atoms with Crippen molar-refractivity contribution in [2.75, 3.05) is 23.9 Å². The molecule has 1 atom stereocenters. The molecule has 1 unspecified atom stereocenters. The summed E-state index contributed by atoms with van der Waals surface area (Å²) in [5, 5.41) is 11.4. The van der Waals surface area contributed by atoms with E-state index in [1.165, 1.54) is 7.11 Å². The minimum atomic E-state index is -0.232. The lowest BCUT2D eigenvalue weighted by Crippen LogP contribution is -2.16. The molecular formula is C15H18N2O3S. The number of carbonyl (C=O) groups is 2. The van der Waals surface area contributed by atoms with Gasteiger partial charge in [0.2, 0.25) is 5.91 Å². The topological polar surface area (TPSA) is 79.2 Å². The van der Waals surface area contributed by atoms with Crippen LogP contribution < -0.4 is 5.32 Å². The highest BCUT2D eigenvalue weighted by atomic mass is 32.2. The molecule has 0 spiro atoms. The minimum absolute atomic E-state index is 0.0853. The van der Waals surface area contributed by atoms with Gasteiger partial charge in [-0.15, -0.1) is 0 Å². The average Bonchev–Trinajstić information content (AvgIpc) is 2.51. The Morgan fingerprint density at radius 2 is 2.05 bits per heavy atom. The fourth-order valence-electron chi connectivity index (χ4n) is 1.55. The number of ether oxygens (including phenoxy) is 1. The Balaban J connectivity index is 2.25. The molecule has 0 aromatic heterocycles. The zero-order chi connectivity index (χ0) is 15.7. The minimum Gasteiger partial charge on any atom is -0.469 e. The molecule has 1 aromatic rings. The zero-order valence-corrected chi connectivity index (χ0v) is 12.9. The van der Waals surface area contributed by atoms with Gasteiger partial charge in [-0.05, 0) is 24.3 Å². The van der Waals surface area contributed by atoms with Crippen LogP contribution in [0.25, 0.3) is 0 Å². The van der Waals surface area contributed by atoms with Gasteiger partial charge in [0.25, 0.3) is 0 Å². The maximum Gasteiger partial charge on any atom is 0.309 e. The molecule has 0 bridgehead atoms. The summed E-state index contributed by atoms with van der Waals surface area (Å²) < 4.78 is 4.63. The van der Waals surface area contributed by atoms with Crippen molar-refractivity contribution in [1.29, 1.82) is 5.26 Å². The quantitative estimate of drug-likeness (QED) is 0.618. The Bertz CT molecular complexity index is 523. The van der Waals surface area contributed by atoms with E-state index in [9.17, 15) is 9.59 Å². The first kappa shape index (κ1) is 17.1. The molecule has 0 fully saturated rings. The number of benzene rings is 1. The van der Waals surface area contributed by atoms with Gasteiger partial charge in [-0.3, -0.25) is 9.59 Å². The van der Waals surface area contributed by atoms with Crippen molar-refractivity contribution in [1.82, 2.24) is 0 Å². The largest absolute Gasteiger partial charge is 0.469 e. The van der Waals surface area contributed by atoms with Gasteiger partial charge in [0.1, 0.15) is 0 Å². The van der Waals surface area contributed by atoms with Gasteiger partial charge in [0.15, 0.2) is 0 Å². The normalized spacial score (nSPS) is 11.3. The molecule has 0 radical (unpaired) electrons. The monoisotopic (exact) mass is 306 g/mol. The fraction of sp³-hybridized carbons (Fsp3) is 0.400. The highest BCUT2D eigenvalue weighted by Gasteiger charge is 2.12. The van der Waals surface area contributed by atoms with Crippen molar-refractivity contribution in [3.05, 3.63) is 29.8 Å². The van der Waals surface area contributed by atoms with E-state index in [0.29, 0.717) is 29.2 Å². The average molecular weight is 306 g/mol. The van der Waals surface area contributed by atoms with E-state index in [0.717, 1.165) is 0 Å². The summed E-state index contributed by atoms with van der Waals surface area (Å²) >= 11 is 1.55. The Labute approximate surface area is 128 Å². The van der Waals surface area contributed by atoms with Crippen LogP contribution in [0.4, 0.5) is 5.69 Å². The number of hydrogen-bond acceptors (Lipinski definition) is 5. The van der Waals surface area contributed by atoms with E-state index in [4.69, 9.17) is 5.26 Å². The van der Waals surface area contributed by atoms with Crippen LogP contribution in [-0.2, 0) is 14.3 Å². The fourth-order valence-corrected chi connectivity index (χ4v) is 2.53. The van der Waals surface area contributed by atoms with E-state index in [2.05, 4.69) is 10.1 Å². The van der Waals surface area contributed by atoms with Gasteiger partial charge in [0.05, 0.1) is 24.7 Å². The maximum atomic E-state index is 11.7. The standard InChI is InChI=1S/C15H18N2O3S/c1-11(15(19)20-2)10-21-8-7-14(18)17-13-5-3-12(9-16)4-6-13/h3-6,11H,7-8,10H2,1-2H3,(H,17,18). The number of hydrogen-bond donors (Lipinski definition) is 1. The first-order valence-corrected chi connectivity index (χ1v) is 7.68. The van der Waals surface area contributed by atoms with Gasteiger partial charge in [-0.2, -0.15) is 17.0 Å². The number of methoxy groups -OCH3 is 1. The van der Waals surface area contributed by atoms with Crippen LogP contribution in [0.5, 0.6) is 0 Å². The lowest BCUT2D eigenvalue weighted by atomic mass is 10.2. The molecule has 5 nitrogen and oxygen atoms in total. The van der Waals surface area contributed by atoms with Crippen LogP contribution in [-0.4, -0.2) is 30.5 Å². The number of nitrogens with one attached hydrogen (secondary N) is 1. The Morgan fingerprint density at radius 1 is 1.38 bits per heavy atom. The van der Waals surface area contributed by atoms with Gasteiger partial charge < -0.3 is 10.1 Å². The van der Waals surface area contributed by atoms with Gasteiger partial charge in [-0.25, -0.2) is 0 Å². The molecular weight excluding hydrogens is 288 g/mol. The predicted octanol–water partition coefficient (Wildman–Crippen LogP) is 2.43. The first-order chi connectivity index (χ1) is 10.1. The number of thioether (sulfide) groups is 1. The number of esters is 1. The molecule has 0 heterocycles. The molecule has 0 aliphatic heterocycles. The summed E-state index contributed by atoms with van der Waals surface area (Å²) in [4.78, 5) is 22.9. The van der Waals surface area contributed by atoms with E-state index in [-0.39, 0.29) is 17.8 Å². The van der Waals surface area contributed by atoms with Crippen LogP contribution in [0.3, 0.4) is 0 Å². The van der Waals surface area contributed by atoms with Crippen molar-refractivity contribution in [3.63, 3.8) is 0 Å². The van der Waals surface area contributed by atoms with Crippen molar-refractivity contribution in [2.24, 2.45) is 5.92 Å². The van der Waals surface area contributed by atoms with Crippen LogP contribution in [0.1, 0.15) is 18.9 Å². The Kier molecular flexibility index (Phi) is 7.33. The van der Waals surface area contributed by atoms with Crippen LogP contribution in [0.15, 0.2) is 24.3 Å². The van der Waals surface area contributed by atoms with Gasteiger partial charge in [-0.1, -0.05) is 6.92 Å². The third kappa shape index (κ3) is 6.32. The smallest absolute Gasteiger partial charge is 0.309 e. The van der Waals surface area contributed by atoms with E-state index < -0.39 is 0 Å². The molecule has 112 valence electrons. The molecule has 0 aliphatic carbocycles. The highest BCUT2D eigenvalue weighted by molar-refractivity contribution is 7.99. The summed E-state index contributed by atoms with van der Waals surface area (Å²) in [5.74, 6) is 0.796. The predicted molar refractivity (Wildman–Crippen MR) is 82.9 cm³/mol. The van der Waals surface area contributed by atoms with Crippen molar-refractivity contribution >= 4 is 29.3 Å². The van der Waals surface area contributed by atoms with Gasteiger partial charge in [0, 0.05) is 23.6 Å². The summed E-state index contributed by atoms with van der Waals surface area (Å²) in [6, 6.07) is 8.73. The van der Waals surface area contributed by atoms with Crippen LogP contribution in [0, 0.1) is 17.2 Å². The molecule has 1 N–H and O–H groups in total. The number of rotatable bonds is 7. The Hall–Kier alpha value is -2.00. The molecule has 1 aromatic carbocycles. The van der Waals surface area contributed by atoms with E-state index in [1.807, 2.05) is 6.07 Å². The maximum absolute atomic E-state index is 11.7. The van der Waals surface area contributed by atoms with Crippen molar-refractivity contribution in [3.8, 4) is 6.07 Å². The number of amides is 1. The molecule has 6 heteroatoms. The second kappa shape index (κ2) is 9.03. The lowest BCUT2D eigenvalue weighted by molar-refractivity contribution is -0.144. The summed E-state index contributed by atoms with van der Waals surface area (Å²) in [5.41, 5.74) is 1.23.